The van der Waals surface area contributed by atoms with Gasteiger partial charge in [-0.1, -0.05) is 19.8 Å². The van der Waals surface area contributed by atoms with Crippen LogP contribution >= 0.6 is 0 Å². The Bertz CT molecular complexity index is 224. The Labute approximate surface area is 106 Å². The zero-order valence-corrected chi connectivity index (χ0v) is 11.7. The van der Waals surface area contributed by atoms with Crippen LogP contribution in [0, 0.1) is 0 Å². The molecule has 0 aromatic heterocycles. The Morgan fingerprint density at radius 2 is 1.88 bits per heavy atom. The van der Waals surface area contributed by atoms with E-state index in [0.717, 1.165) is 19.5 Å². The van der Waals surface area contributed by atoms with Crippen molar-refractivity contribution >= 4 is 5.91 Å². The standard InChI is InChI=1S/C14H28N2O/c1-4-5-9-12(2)15-13(3)14(17)16-10-7-6-8-11-16/h12-13,15H,4-11H2,1-3H3. The summed E-state index contributed by atoms with van der Waals surface area (Å²) in [5.41, 5.74) is 0. The van der Waals surface area contributed by atoms with Gasteiger partial charge in [0.2, 0.25) is 5.91 Å². The number of carbonyl (C=O) groups is 1. The van der Waals surface area contributed by atoms with Gasteiger partial charge in [0.15, 0.2) is 0 Å². The minimum atomic E-state index is -0.0278. The first-order valence-corrected chi connectivity index (χ1v) is 7.20. The number of nitrogens with one attached hydrogen (secondary N) is 1. The normalized spacial score (nSPS) is 20.1. The second-order valence-electron chi connectivity index (χ2n) is 5.32. The van der Waals surface area contributed by atoms with E-state index in [1.165, 1.54) is 32.1 Å². The van der Waals surface area contributed by atoms with Gasteiger partial charge in [0.1, 0.15) is 0 Å². The predicted octanol–water partition coefficient (Wildman–Crippen LogP) is 2.56. The van der Waals surface area contributed by atoms with Crippen LogP contribution in [0.15, 0.2) is 0 Å². The molecule has 1 aliphatic rings. The number of unbranched alkanes of at least 4 members (excludes halogenated alkanes) is 1. The number of rotatable bonds is 6. The molecule has 1 saturated heterocycles. The van der Waals surface area contributed by atoms with E-state index in [2.05, 4.69) is 19.2 Å². The molecule has 0 aromatic rings. The van der Waals surface area contributed by atoms with Crippen molar-refractivity contribution in [1.29, 1.82) is 0 Å². The van der Waals surface area contributed by atoms with E-state index < -0.39 is 0 Å². The first-order valence-electron chi connectivity index (χ1n) is 7.20. The maximum absolute atomic E-state index is 12.2. The van der Waals surface area contributed by atoms with Crippen molar-refractivity contribution in [2.75, 3.05) is 13.1 Å². The zero-order chi connectivity index (χ0) is 12.7. The molecule has 1 heterocycles. The number of carbonyl (C=O) groups excluding carboxylic acids is 1. The van der Waals surface area contributed by atoms with Gasteiger partial charge in [0.05, 0.1) is 6.04 Å². The zero-order valence-electron chi connectivity index (χ0n) is 11.7. The van der Waals surface area contributed by atoms with Crippen LogP contribution in [-0.4, -0.2) is 36.0 Å². The summed E-state index contributed by atoms with van der Waals surface area (Å²) in [6.07, 6.45) is 7.24. The van der Waals surface area contributed by atoms with Gasteiger partial charge in [-0.25, -0.2) is 0 Å². The molecule has 17 heavy (non-hydrogen) atoms. The van der Waals surface area contributed by atoms with Crippen molar-refractivity contribution in [3.05, 3.63) is 0 Å². The summed E-state index contributed by atoms with van der Waals surface area (Å²) in [4.78, 5) is 14.2. The molecule has 2 atom stereocenters. The van der Waals surface area contributed by atoms with E-state index in [9.17, 15) is 4.79 Å². The summed E-state index contributed by atoms with van der Waals surface area (Å²) in [7, 11) is 0. The third-order valence-corrected chi connectivity index (χ3v) is 3.56. The fraction of sp³-hybridized carbons (Fsp3) is 0.929. The first-order chi connectivity index (χ1) is 8.15. The number of piperidine rings is 1. The molecule has 1 rings (SSSR count). The highest BCUT2D eigenvalue weighted by atomic mass is 16.2. The van der Waals surface area contributed by atoms with Crippen LogP contribution in [-0.2, 0) is 4.79 Å². The smallest absolute Gasteiger partial charge is 0.239 e. The fourth-order valence-electron chi connectivity index (χ4n) is 2.48. The highest BCUT2D eigenvalue weighted by molar-refractivity contribution is 5.81. The van der Waals surface area contributed by atoms with E-state index in [-0.39, 0.29) is 11.9 Å². The average Bonchev–Trinajstić information content (AvgIpc) is 2.36. The fourth-order valence-corrected chi connectivity index (χ4v) is 2.48. The lowest BCUT2D eigenvalue weighted by molar-refractivity contribution is -0.134. The van der Waals surface area contributed by atoms with Gasteiger partial charge in [0, 0.05) is 19.1 Å². The molecule has 2 unspecified atom stereocenters. The maximum Gasteiger partial charge on any atom is 0.239 e. The molecule has 0 radical (unpaired) electrons. The van der Waals surface area contributed by atoms with Crippen LogP contribution in [0.3, 0.4) is 0 Å². The van der Waals surface area contributed by atoms with E-state index in [1.807, 2.05) is 11.8 Å². The molecule has 0 bridgehead atoms. The molecular formula is C14H28N2O. The molecule has 100 valence electrons. The van der Waals surface area contributed by atoms with Crippen molar-refractivity contribution in [2.45, 2.75) is 71.4 Å². The molecule has 0 saturated carbocycles. The van der Waals surface area contributed by atoms with Gasteiger partial charge in [-0.3, -0.25) is 4.79 Å². The van der Waals surface area contributed by atoms with Crippen LogP contribution in [0.25, 0.3) is 0 Å². The predicted molar refractivity (Wildman–Crippen MR) is 72.0 cm³/mol. The summed E-state index contributed by atoms with van der Waals surface area (Å²) in [6.45, 7) is 8.28. The molecule has 3 heteroatoms. The largest absolute Gasteiger partial charge is 0.341 e. The SMILES string of the molecule is CCCCC(C)NC(C)C(=O)N1CCCCC1. The summed E-state index contributed by atoms with van der Waals surface area (Å²) >= 11 is 0. The van der Waals surface area contributed by atoms with E-state index in [4.69, 9.17) is 0 Å². The summed E-state index contributed by atoms with van der Waals surface area (Å²) in [5.74, 6) is 0.285. The Balaban J connectivity index is 2.29. The number of nitrogens with zero attached hydrogens (tertiary/aromatic N) is 1. The molecule has 1 fully saturated rings. The van der Waals surface area contributed by atoms with Gasteiger partial charge in [-0.2, -0.15) is 0 Å². The summed E-state index contributed by atoms with van der Waals surface area (Å²) < 4.78 is 0. The van der Waals surface area contributed by atoms with Gasteiger partial charge in [0.25, 0.3) is 0 Å². The second-order valence-corrected chi connectivity index (χ2v) is 5.32. The van der Waals surface area contributed by atoms with Crippen molar-refractivity contribution < 1.29 is 4.79 Å². The van der Waals surface area contributed by atoms with Crippen molar-refractivity contribution in [3.63, 3.8) is 0 Å². The van der Waals surface area contributed by atoms with Crippen molar-refractivity contribution in [1.82, 2.24) is 10.2 Å². The van der Waals surface area contributed by atoms with Gasteiger partial charge in [-0.05, 0) is 39.5 Å². The Hall–Kier alpha value is -0.570. The molecular weight excluding hydrogens is 212 g/mol. The van der Waals surface area contributed by atoms with Crippen LogP contribution < -0.4 is 5.32 Å². The lowest BCUT2D eigenvalue weighted by Crippen LogP contribution is -2.49. The first kappa shape index (κ1) is 14.5. The Morgan fingerprint density at radius 1 is 1.24 bits per heavy atom. The lowest BCUT2D eigenvalue weighted by Gasteiger charge is -2.30. The summed E-state index contributed by atoms with van der Waals surface area (Å²) in [6, 6.07) is 0.415. The molecule has 1 N–H and O–H groups in total. The minimum Gasteiger partial charge on any atom is -0.341 e. The topological polar surface area (TPSA) is 32.3 Å². The van der Waals surface area contributed by atoms with Gasteiger partial charge < -0.3 is 10.2 Å². The second kappa shape index (κ2) is 7.70. The molecule has 0 aliphatic carbocycles. The van der Waals surface area contributed by atoms with Crippen molar-refractivity contribution in [3.8, 4) is 0 Å². The monoisotopic (exact) mass is 240 g/mol. The molecule has 1 aliphatic heterocycles. The van der Waals surface area contributed by atoms with E-state index >= 15 is 0 Å². The quantitative estimate of drug-likeness (QED) is 0.774. The maximum atomic E-state index is 12.2. The Kier molecular flexibility index (Phi) is 6.56. The average molecular weight is 240 g/mol. The van der Waals surface area contributed by atoms with Crippen LogP contribution in [0.2, 0.25) is 0 Å². The molecule has 0 spiro atoms. The van der Waals surface area contributed by atoms with Crippen LogP contribution in [0.1, 0.15) is 59.3 Å². The van der Waals surface area contributed by atoms with Gasteiger partial charge >= 0.3 is 0 Å². The van der Waals surface area contributed by atoms with Gasteiger partial charge in [-0.15, -0.1) is 0 Å². The van der Waals surface area contributed by atoms with E-state index in [1.54, 1.807) is 0 Å². The lowest BCUT2D eigenvalue weighted by atomic mass is 10.1. The van der Waals surface area contributed by atoms with Crippen molar-refractivity contribution in [2.24, 2.45) is 0 Å². The number of hydrogen-bond acceptors (Lipinski definition) is 2. The summed E-state index contributed by atoms with van der Waals surface area (Å²) in [5, 5.41) is 3.42. The minimum absolute atomic E-state index is 0.0278. The number of hydrogen-bond donors (Lipinski definition) is 1. The Morgan fingerprint density at radius 3 is 2.47 bits per heavy atom. The third-order valence-electron chi connectivity index (χ3n) is 3.56. The third kappa shape index (κ3) is 5.07. The highest BCUT2D eigenvalue weighted by Crippen LogP contribution is 2.10. The highest BCUT2D eigenvalue weighted by Gasteiger charge is 2.22. The van der Waals surface area contributed by atoms with E-state index in [0.29, 0.717) is 6.04 Å². The number of likely N-dealkylation sites (tertiary alicyclic amines) is 1. The van der Waals surface area contributed by atoms with Crippen LogP contribution in [0.4, 0.5) is 0 Å². The molecule has 1 amide bonds. The number of amides is 1. The molecule has 0 aromatic carbocycles. The van der Waals surface area contributed by atoms with Crippen LogP contribution in [0.5, 0.6) is 0 Å². The molecule has 3 nitrogen and oxygen atoms in total.